The van der Waals surface area contributed by atoms with E-state index in [9.17, 15) is 14.4 Å². The second kappa shape index (κ2) is 7.23. The van der Waals surface area contributed by atoms with E-state index in [-0.39, 0.29) is 23.9 Å². The van der Waals surface area contributed by atoms with Gasteiger partial charge in [-0.3, -0.25) is 9.59 Å². The predicted octanol–water partition coefficient (Wildman–Crippen LogP) is 3.40. The van der Waals surface area contributed by atoms with Crippen LogP contribution in [0.25, 0.3) is 6.08 Å². The monoisotopic (exact) mass is 352 g/mol. The Hall–Kier alpha value is -3.41. The number of fused-ring (bicyclic) bond motifs is 1. The lowest BCUT2D eigenvalue weighted by atomic mass is 10.1. The van der Waals surface area contributed by atoms with Crippen LogP contribution in [0.2, 0.25) is 0 Å². The van der Waals surface area contributed by atoms with Gasteiger partial charge < -0.3 is 14.2 Å². The van der Waals surface area contributed by atoms with Crippen molar-refractivity contribution in [2.24, 2.45) is 0 Å². The summed E-state index contributed by atoms with van der Waals surface area (Å²) < 4.78 is 15.4. The number of allylic oxidation sites excluding steroid dienone is 1. The van der Waals surface area contributed by atoms with Crippen LogP contribution < -0.4 is 9.47 Å². The number of esters is 2. The molecule has 1 heterocycles. The Morgan fingerprint density at radius 1 is 1.12 bits per heavy atom. The standard InChI is InChI=1S/C20H16O6/c1-3-18(21)25-14-8-9-15-16(11-14)26-17(19(15)22)10-12-4-6-13(7-5-12)20(23)24-2/h4-11H,3H2,1-2H3. The van der Waals surface area contributed by atoms with E-state index in [1.807, 2.05) is 0 Å². The number of ether oxygens (including phenoxy) is 3. The Balaban J connectivity index is 1.81. The van der Waals surface area contributed by atoms with Crippen molar-refractivity contribution < 1.29 is 28.6 Å². The highest BCUT2D eigenvalue weighted by Crippen LogP contribution is 2.35. The lowest BCUT2D eigenvalue weighted by Gasteiger charge is -2.04. The zero-order chi connectivity index (χ0) is 18.7. The molecule has 0 aromatic heterocycles. The second-order valence-corrected chi connectivity index (χ2v) is 5.54. The number of ketones is 1. The van der Waals surface area contributed by atoms with E-state index in [1.165, 1.54) is 13.2 Å². The van der Waals surface area contributed by atoms with Gasteiger partial charge in [-0.25, -0.2) is 4.79 Å². The van der Waals surface area contributed by atoms with Crippen molar-refractivity contribution in [2.75, 3.05) is 7.11 Å². The third kappa shape index (κ3) is 3.49. The first-order valence-corrected chi connectivity index (χ1v) is 7.99. The summed E-state index contributed by atoms with van der Waals surface area (Å²) in [6, 6.07) is 11.2. The van der Waals surface area contributed by atoms with Crippen molar-refractivity contribution in [3.63, 3.8) is 0 Å². The largest absolute Gasteiger partial charge is 0.465 e. The molecule has 26 heavy (non-hydrogen) atoms. The van der Waals surface area contributed by atoms with Gasteiger partial charge in [0.2, 0.25) is 5.78 Å². The normalized spacial score (nSPS) is 13.9. The topological polar surface area (TPSA) is 78.9 Å². The minimum absolute atomic E-state index is 0.157. The Kier molecular flexibility index (Phi) is 4.84. The van der Waals surface area contributed by atoms with Crippen molar-refractivity contribution in [3.8, 4) is 11.5 Å². The zero-order valence-electron chi connectivity index (χ0n) is 14.3. The first-order valence-electron chi connectivity index (χ1n) is 7.99. The summed E-state index contributed by atoms with van der Waals surface area (Å²) in [6.07, 6.45) is 1.84. The van der Waals surface area contributed by atoms with Crippen LogP contribution in [0, 0.1) is 0 Å². The van der Waals surface area contributed by atoms with Crippen LogP contribution in [0.5, 0.6) is 11.5 Å². The Labute approximate surface area is 150 Å². The van der Waals surface area contributed by atoms with Crippen LogP contribution >= 0.6 is 0 Å². The summed E-state index contributed by atoms with van der Waals surface area (Å²) >= 11 is 0. The third-order valence-corrected chi connectivity index (χ3v) is 3.79. The van der Waals surface area contributed by atoms with Crippen LogP contribution in [0.1, 0.15) is 39.6 Å². The summed E-state index contributed by atoms with van der Waals surface area (Å²) in [5.41, 5.74) is 1.52. The van der Waals surface area contributed by atoms with Gasteiger partial charge in [-0.05, 0) is 35.9 Å². The summed E-state index contributed by atoms with van der Waals surface area (Å²) in [4.78, 5) is 35.3. The van der Waals surface area contributed by atoms with Crippen molar-refractivity contribution >= 4 is 23.8 Å². The van der Waals surface area contributed by atoms with Crippen LogP contribution in [0.15, 0.2) is 48.2 Å². The van der Waals surface area contributed by atoms with E-state index in [2.05, 4.69) is 4.74 Å². The van der Waals surface area contributed by atoms with Crippen molar-refractivity contribution in [3.05, 3.63) is 64.9 Å². The molecule has 0 atom stereocenters. The van der Waals surface area contributed by atoms with Gasteiger partial charge in [0, 0.05) is 12.5 Å². The maximum atomic E-state index is 12.4. The molecule has 6 heteroatoms. The summed E-state index contributed by atoms with van der Waals surface area (Å²) in [5, 5.41) is 0. The highest BCUT2D eigenvalue weighted by molar-refractivity contribution is 6.14. The summed E-state index contributed by atoms with van der Waals surface area (Å²) in [7, 11) is 1.31. The maximum Gasteiger partial charge on any atom is 0.337 e. The molecule has 0 fully saturated rings. The van der Waals surface area contributed by atoms with Gasteiger partial charge in [0.1, 0.15) is 11.5 Å². The van der Waals surface area contributed by atoms with Crippen molar-refractivity contribution in [1.82, 2.24) is 0 Å². The minimum Gasteiger partial charge on any atom is -0.465 e. The molecule has 132 valence electrons. The van der Waals surface area contributed by atoms with Gasteiger partial charge >= 0.3 is 11.9 Å². The molecule has 2 aromatic carbocycles. The molecule has 6 nitrogen and oxygen atoms in total. The molecule has 1 aliphatic rings. The molecular weight excluding hydrogens is 336 g/mol. The first-order chi connectivity index (χ1) is 12.5. The lowest BCUT2D eigenvalue weighted by molar-refractivity contribution is -0.134. The molecule has 1 aliphatic heterocycles. The van der Waals surface area contributed by atoms with Crippen LogP contribution in [-0.4, -0.2) is 24.8 Å². The molecule has 0 unspecified atom stereocenters. The quantitative estimate of drug-likeness (QED) is 0.477. The second-order valence-electron chi connectivity index (χ2n) is 5.54. The fraction of sp³-hybridized carbons (Fsp3) is 0.150. The predicted molar refractivity (Wildman–Crippen MR) is 93.1 cm³/mol. The van der Waals surface area contributed by atoms with E-state index in [0.717, 1.165) is 0 Å². The molecule has 0 saturated carbocycles. The zero-order valence-corrected chi connectivity index (χ0v) is 14.3. The van der Waals surface area contributed by atoms with Crippen molar-refractivity contribution in [1.29, 1.82) is 0 Å². The maximum absolute atomic E-state index is 12.4. The Morgan fingerprint density at radius 2 is 1.85 bits per heavy atom. The van der Waals surface area contributed by atoms with Gasteiger partial charge in [0.25, 0.3) is 0 Å². The molecule has 0 radical (unpaired) electrons. The molecule has 0 spiro atoms. The summed E-state index contributed by atoms with van der Waals surface area (Å²) in [5.74, 6) is -0.231. The van der Waals surface area contributed by atoms with Gasteiger partial charge in [-0.1, -0.05) is 19.1 Å². The number of hydrogen-bond donors (Lipinski definition) is 0. The lowest BCUT2D eigenvalue weighted by Crippen LogP contribution is -2.05. The van der Waals surface area contributed by atoms with Gasteiger partial charge in [-0.2, -0.15) is 0 Å². The van der Waals surface area contributed by atoms with Gasteiger partial charge in [0.15, 0.2) is 5.76 Å². The number of methoxy groups -OCH3 is 1. The van der Waals surface area contributed by atoms with E-state index in [1.54, 1.807) is 49.4 Å². The van der Waals surface area contributed by atoms with Crippen LogP contribution in [0.3, 0.4) is 0 Å². The molecule has 0 saturated heterocycles. The van der Waals surface area contributed by atoms with E-state index >= 15 is 0 Å². The summed E-state index contributed by atoms with van der Waals surface area (Å²) in [6.45, 7) is 1.70. The molecule has 3 rings (SSSR count). The van der Waals surface area contributed by atoms with Crippen molar-refractivity contribution in [2.45, 2.75) is 13.3 Å². The molecule has 0 amide bonds. The number of hydrogen-bond acceptors (Lipinski definition) is 6. The number of carbonyl (C=O) groups excluding carboxylic acids is 3. The average molecular weight is 352 g/mol. The number of carbonyl (C=O) groups is 3. The van der Waals surface area contributed by atoms with Crippen LogP contribution in [0.4, 0.5) is 0 Å². The Morgan fingerprint density at radius 3 is 2.50 bits per heavy atom. The van der Waals surface area contributed by atoms with Gasteiger partial charge in [0.05, 0.1) is 18.2 Å². The SMILES string of the molecule is CCC(=O)Oc1ccc2c(c1)OC(=Cc1ccc(C(=O)OC)cc1)C2=O. The molecule has 0 aliphatic carbocycles. The fourth-order valence-electron chi connectivity index (χ4n) is 2.42. The Bertz CT molecular complexity index is 908. The molecular formula is C20H16O6. The van der Waals surface area contributed by atoms with Gasteiger partial charge in [-0.15, -0.1) is 0 Å². The van der Waals surface area contributed by atoms with E-state index in [0.29, 0.717) is 28.2 Å². The minimum atomic E-state index is -0.432. The van der Waals surface area contributed by atoms with E-state index < -0.39 is 5.97 Å². The first kappa shape index (κ1) is 17.4. The number of benzene rings is 2. The fourth-order valence-corrected chi connectivity index (χ4v) is 2.42. The molecule has 0 N–H and O–H groups in total. The smallest absolute Gasteiger partial charge is 0.337 e. The molecule has 2 aromatic rings. The van der Waals surface area contributed by atoms with E-state index in [4.69, 9.17) is 9.47 Å². The highest BCUT2D eigenvalue weighted by Gasteiger charge is 2.28. The third-order valence-electron chi connectivity index (χ3n) is 3.79. The highest BCUT2D eigenvalue weighted by atomic mass is 16.5. The number of rotatable bonds is 4. The number of Topliss-reactive ketones (excluding diaryl/α,β-unsaturated/α-hetero) is 1. The van der Waals surface area contributed by atoms with Crippen LogP contribution in [-0.2, 0) is 9.53 Å². The average Bonchev–Trinajstić information content (AvgIpc) is 2.96. The molecule has 0 bridgehead atoms.